The number of nitrogens with one attached hydrogen (secondary N) is 1. The number of pyridine rings is 1. The van der Waals surface area contributed by atoms with Crippen molar-refractivity contribution in [2.24, 2.45) is 0 Å². The lowest BCUT2D eigenvalue weighted by Gasteiger charge is -2.08. The number of rotatable bonds is 3. The highest BCUT2D eigenvalue weighted by molar-refractivity contribution is 7.13. The first-order valence-electron chi connectivity index (χ1n) is 8.01. The molecule has 1 aromatic carbocycles. The van der Waals surface area contributed by atoms with Crippen molar-refractivity contribution in [1.82, 2.24) is 9.38 Å². The van der Waals surface area contributed by atoms with Crippen LogP contribution in [0.1, 0.15) is 10.4 Å². The first-order valence-corrected chi connectivity index (χ1v) is 8.89. The molecule has 128 valence electrons. The number of amides is 1. The Bertz CT molecular complexity index is 1120. The Balaban J connectivity index is 1.56. The van der Waals surface area contributed by atoms with E-state index in [0.29, 0.717) is 22.9 Å². The Morgan fingerprint density at radius 2 is 2.04 bits per heavy atom. The van der Waals surface area contributed by atoms with Gasteiger partial charge in [0.1, 0.15) is 17.2 Å². The van der Waals surface area contributed by atoms with Crippen LogP contribution in [0, 0.1) is 0 Å². The number of thiophene rings is 1. The summed E-state index contributed by atoms with van der Waals surface area (Å²) >= 11 is 1.58. The molecule has 4 heterocycles. The molecule has 0 atom stereocenters. The van der Waals surface area contributed by atoms with Gasteiger partial charge in [-0.05, 0) is 41.8 Å². The molecule has 0 unspecified atom stereocenters. The molecular weight excluding hydrogens is 350 g/mol. The zero-order chi connectivity index (χ0) is 17.5. The maximum atomic E-state index is 12.8. The molecule has 0 radical (unpaired) electrons. The minimum Gasteiger partial charge on any atom is -0.454 e. The first kappa shape index (κ1) is 15.0. The number of benzene rings is 1. The van der Waals surface area contributed by atoms with Crippen LogP contribution in [0.4, 0.5) is 5.82 Å². The molecule has 7 heteroatoms. The van der Waals surface area contributed by atoms with Gasteiger partial charge in [0.15, 0.2) is 11.5 Å². The molecule has 1 amide bonds. The van der Waals surface area contributed by atoms with Crippen molar-refractivity contribution in [2.45, 2.75) is 0 Å². The summed E-state index contributed by atoms with van der Waals surface area (Å²) in [5, 5.41) is 4.99. The zero-order valence-electron chi connectivity index (χ0n) is 13.5. The van der Waals surface area contributed by atoms with E-state index < -0.39 is 0 Å². The number of aromatic nitrogens is 2. The maximum Gasteiger partial charge on any atom is 0.256 e. The number of carbonyl (C=O) groups excluding carboxylic acids is 1. The molecule has 26 heavy (non-hydrogen) atoms. The predicted octanol–water partition coefficient (Wildman–Crippen LogP) is 4.04. The van der Waals surface area contributed by atoms with Gasteiger partial charge in [0.2, 0.25) is 6.79 Å². The number of hydrogen-bond donors (Lipinski definition) is 1. The average Bonchev–Trinajstić information content (AvgIpc) is 3.41. The van der Waals surface area contributed by atoms with E-state index >= 15 is 0 Å². The Kier molecular flexibility index (Phi) is 3.39. The SMILES string of the molecule is O=C(Nc1c(-c2cccs2)nc2ccccn12)c1ccc2c(c1)OCO2. The Hall–Kier alpha value is -3.32. The number of anilines is 1. The third kappa shape index (κ3) is 2.41. The molecule has 0 fully saturated rings. The van der Waals surface area contributed by atoms with E-state index in [0.717, 1.165) is 16.2 Å². The van der Waals surface area contributed by atoms with Gasteiger partial charge in [-0.25, -0.2) is 4.98 Å². The van der Waals surface area contributed by atoms with Crippen molar-refractivity contribution >= 4 is 28.7 Å². The molecule has 1 N–H and O–H groups in total. The van der Waals surface area contributed by atoms with Crippen molar-refractivity contribution in [1.29, 1.82) is 0 Å². The minimum absolute atomic E-state index is 0.177. The summed E-state index contributed by atoms with van der Waals surface area (Å²) in [5.41, 5.74) is 2.02. The van der Waals surface area contributed by atoms with Gasteiger partial charge in [0.05, 0.1) is 4.88 Å². The largest absolute Gasteiger partial charge is 0.454 e. The van der Waals surface area contributed by atoms with Crippen LogP contribution in [-0.2, 0) is 0 Å². The zero-order valence-corrected chi connectivity index (χ0v) is 14.3. The standard InChI is InChI=1S/C19H13N3O3S/c23-19(12-6-7-13-14(10-12)25-11-24-13)21-18-17(15-4-3-9-26-15)20-16-5-1-2-8-22(16)18/h1-10H,11H2,(H,21,23). The summed E-state index contributed by atoms with van der Waals surface area (Å²) in [6.45, 7) is 0.177. The number of imidazole rings is 1. The van der Waals surface area contributed by atoms with Crippen molar-refractivity contribution < 1.29 is 14.3 Å². The van der Waals surface area contributed by atoms with Gasteiger partial charge in [0.25, 0.3) is 5.91 Å². The Morgan fingerprint density at radius 1 is 1.12 bits per heavy atom. The number of ether oxygens (including phenoxy) is 2. The molecule has 1 aliphatic rings. The van der Waals surface area contributed by atoms with Crippen LogP contribution >= 0.6 is 11.3 Å². The van der Waals surface area contributed by atoms with E-state index in [1.165, 1.54) is 0 Å². The van der Waals surface area contributed by atoms with Gasteiger partial charge >= 0.3 is 0 Å². The lowest BCUT2D eigenvalue weighted by atomic mass is 10.2. The van der Waals surface area contributed by atoms with Crippen LogP contribution in [0.2, 0.25) is 0 Å². The van der Waals surface area contributed by atoms with E-state index in [2.05, 4.69) is 10.3 Å². The fourth-order valence-electron chi connectivity index (χ4n) is 2.92. The summed E-state index contributed by atoms with van der Waals surface area (Å²) in [6.07, 6.45) is 1.88. The van der Waals surface area contributed by atoms with Gasteiger partial charge in [-0.3, -0.25) is 9.20 Å². The maximum absolute atomic E-state index is 12.8. The molecule has 0 aliphatic carbocycles. The lowest BCUT2D eigenvalue weighted by molar-refractivity contribution is 0.102. The van der Waals surface area contributed by atoms with Crippen molar-refractivity contribution in [3.05, 3.63) is 65.7 Å². The monoisotopic (exact) mass is 363 g/mol. The number of fused-ring (bicyclic) bond motifs is 2. The minimum atomic E-state index is -0.230. The van der Waals surface area contributed by atoms with Crippen LogP contribution < -0.4 is 14.8 Å². The molecule has 0 bridgehead atoms. The molecule has 0 saturated heterocycles. The number of carbonyl (C=O) groups is 1. The van der Waals surface area contributed by atoms with Crippen LogP contribution in [0.5, 0.6) is 11.5 Å². The molecule has 4 aromatic rings. The summed E-state index contributed by atoms with van der Waals surface area (Å²) < 4.78 is 12.5. The predicted molar refractivity (Wildman–Crippen MR) is 99.0 cm³/mol. The smallest absolute Gasteiger partial charge is 0.256 e. The highest BCUT2D eigenvalue weighted by Crippen LogP contribution is 2.34. The highest BCUT2D eigenvalue weighted by Gasteiger charge is 2.20. The molecular formula is C19H13N3O3S. The Labute approximate surface area is 152 Å². The van der Waals surface area contributed by atoms with Crippen LogP contribution in [0.3, 0.4) is 0 Å². The lowest BCUT2D eigenvalue weighted by Crippen LogP contribution is -2.14. The molecule has 0 saturated carbocycles. The van der Waals surface area contributed by atoms with E-state index in [-0.39, 0.29) is 12.7 Å². The molecule has 0 spiro atoms. The Morgan fingerprint density at radius 3 is 2.92 bits per heavy atom. The molecule has 6 nitrogen and oxygen atoms in total. The summed E-state index contributed by atoms with van der Waals surface area (Å²) in [4.78, 5) is 18.5. The normalized spacial score (nSPS) is 12.5. The van der Waals surface area contributed by atoms with Crippen molar-refractivity contribution in [3.63, 3.8) is 0 Å². The second-order valence-electron chi connectivity index (χ2n) is 5.74. The van der Waals surface area contributed by atoms with Gasteiger partial charge in [0, 0.05) is 11.8 Å². The summed E-state index contributed by atoms with van der Waals surface area (Å²) in [6, 6.07) is 14.8. The average molecular weight is 363 g/mol. The van der Waals surface area contributed by atoms with Gasteiger partial charge in [-0.1, -0.05) is 12.1 Å². The third-order valence-electron chi connectivity index (χ3n) is 4.15. The quantitative estimate of drug-likeness (QED) is 0.596. The number of hydrogen-bond acceptors (Lipinski definition) is 5. The van der Waals surface area contributed by atoms with Crippen LogP contribution in [0.25, 0.3) is 16.2 Å². The van der Waals surface area contributed by atoms with E-state index in [4.69, 9.17) is 9.47 Å². The third-order valence-corrected chi connectivity index (χ3v) is 5.03. The van der Waals surface area contributed by atoms with E-state index in [1.807, 2.05) is 46.3 Å². The van der Waals surface area contributed by atoms with Gasteiger partial charge < -0.3 is 14.8 Å². The first-order chi connectivity index (χ1) is 12.8. The highest BCUT2D eigenvalue weighted by atomic mass is 32.1. The van der Waals surface area contributed by atoms with Gasteiger partial charge in [-0.15, -0.1) is 11.3 Å². The van der Waals surface area contributed by atoms with Crippen molar-refractivity contribution in [3.8, 4) is 22.1 Å². The second kappa shape index (κ2) is 5.89. The topological polar surface area (TPSA) is 64.9 Å². The molecule has 3 aromatic heterocycles. The van der Waals surface area contributed by atoms with Crippen LogP contribution in [-0.4, -0.2) is 22.1 Å². The van der Waals surface area contributed by atoms with Gasteiger partial charge in [-0.2, -0.15) is 0 Å². The fraction of sp³-hybridized carbons (Fsp3) is 0.0526. The molecule has 5 rings (SSSR count). The van der Waals surface area contributed by atoms with Crippen molar-refractivity contribution in [2.75, 3.05) is 12.1 Å². The summed E-state index contributed by atoms with van der Waals surface area (Å²) in [7, 11) is 0. The molecule has 1 aliphatic heterocycles. The van der Waals surface area contributed by atoms with Crippen LogP contribution in [0.15, 0.2) is 60.1 Å². The van der Waals surface area contributed by atoms with E-state index in [1.54, 1.807) is 29.5 Å². The number of nitrogens with zero attached hydrogens (tertiary/aromatic N) is 2. The summed E-state index contributed by atoms with van der Waals surface area (Å²) in [5.74, 6) is 1.64. The van der Waals surface area contributed by atoms with E-state index in [9.17, 15) is 4.79 Å². The fourth-order valence-corrected chi connectivity index (χ4v) is 3.63. The second-order valence-corrected chi connectivity index (χ2v) is 6.69.